The van der Waals surface area contributed by atoms with E-state index in [1.54, 1.807) is 0 Å². The molecule has 0 atom stereocenters. The average Bonchev–Trinajstić information content (AvgIpc) is 3.88. The summed E-state index contributed by atoms with van der Waals surface area (Å²) < 4.78 is 11.6. The number of hydrogen-bond acceptors (Lipinski definition) is 3. The molecule has 4 heterocycles. The van der Waals surface area contributed by atoms with Crippen LogP contribution in [0.2, 0.25) is 0 Å². The Morgan fingerprint density at radius 2 is 1.33 bits per heavy atom. The van der Waals surface area contributed by atoms with Gasteiger partial charge in [0.15, 0.2) is 7.28 Å². The highest BCUT2D eigenvalue weighted by atomic mass is 32.1. The summed E-state index contributed by atoms with van der Waals surface area (Å²) in [6, 6.07) is 49.7. The zero-order valence-corrected chi connectivity index (χ0v) is 34.1. The largest absolute Gasteiger partial charge is 0.464 e. The zero-order valence-electron chi connectivity index (χ0n) is 33.2. The van der Waals surface area contributed by atoms with Crippen molar-refractivity contribution in [1.82, 2.24) is 4.57 Å². The maximum absolute atomic E-state index is 6.36. The topological polar surface area (TPSA) is 30.1 Å². The number of nitrogens with zero attached hydrogens (tertiary/aromatic N) is 1. The summed E-state index contributed by atoms with van der Waals surface area (Å²) in [5.74, 6) is 0. The van der Waals surface area contributed by atoms with Crippen LogP contribution in [0.1, 0.15) is 52.7 Å². The molecule has 10 aromatic rings. The van der Waals surface area contributed by atoms with E-state index >= 15 is 0 Å². The third-order valence-corrected chi connectivity index (χ3v) is 13.3. The molecule has 0 fully saturated rings. The summed E-state index contributed by atoms with van der Waals surface area (Å²) in [6.07, 6.45) is 1.93. The second-order valence-corrected chi connectivity index (χ2v) is 19.0. The van der Waals surface area contributed by atoms with Gasteiger partial charge in [0.1, 0.15) is 5.58 Å². The molecular weight excluding hydrogens is 711 g/mol. The van der Waals surface area contributed by atoms with Crippen LogP contribution in [0.3, 0.4) is 0 Å². The molecule has 0 spiro atoms. The van der Waals surface area contributed by atoms with Crippen LogP contribution < -0.4 is 16.2 Å². The fraction of sp³-hybridized carbons (Fsp3) is 0.154. The lowest BCUT2D eigenvalue weighted by Crippen LogP contribution is -2.37. The quantitative estimate of drug-likeness (QED) is 0.181. The molecule has 276 valence electrons. The Morgan fingerprint density at radius 3 is 2.12 bits per heavy atom. The second kappa shape index (κ2) is 12.2. The maximum atomic E-state index is 6.36. The van der Waals surface area contributed by atoms with Gasteiger partial charge in [0.25, 0.3) is 0 Å². The molecule has 0 saturated heterocycles. The molecule has 5 heteroatoms. The zero-order chi connectivity index (χ0) is 38.8. The summed E-state index contributed by atoms with van der Waals surface area (Å²) in [6.45, 7) is 13.7. The highest BCUT2D eigenvalue weighted by Crippen LogP contribution is 2.44. The number of thiophene rings is 1. The third kappa shape index (κ3) is 5.40. The average molecular weight is 755 g/mol. The van der Waals surface area contributed by atoms with Crippen LogP contribution in [0.5, 0.6) is 0 Å². The molecule has 1 aliphatic heterocycles. The molecule has 3 nitrogen and oxygen atoms in total. The van der Waals surface area contributed by atoms with Crippen molar-refractivity contribution < 1.29 is 4.42 Å². The van der Waals surface area contributed by atoms with Gasteiger partial charge in [-0.3, -0.25) is 0 Å². The number of rotatable bonds is 4. The maximum Gasteiger partial charge on any atom is 0.198 e. The summed E-state index contributed by atoms with van der Waals surface area (Å²) >= 11 is 1.88. The van der Waals surface area contributed by atoms with E-state index in [2.05, 4.69) is 185 Å². The molecule has 1 aliphatic rings. The standard InChI is InChI=1S/C52H43BN2OS/c1-51(2,3)31-16-19-33(20-17-31)54-43-23-18-32(52(4,5)6)24-37(43)35-21-22-36-38-25-40-34-14-10-11-15-47(34)57-48(40)28-44(38)55-45-26-39-41(30-12-8-7-9-13-30)29-56-46(39)27-42(45)53-49(35)50(36)55/h7-29,53-54H,1-6H3. The van der Waals surface area contributed by atoms with Gasteiger partial charge in [0.05, 0.1) is 11.8 Å². The Labute approximate surface area is 337 Å². The molecule has 3 aromatic heterocycles. The number of anilines is 2. The molecule has 0 saturated carbocycles. The van der Waals surface area contributed by atoms with Crippen LogP contribution in [0.25, 0.3) is 80.9 Å². The molecule has 7 aromatic carbocycles. The minimum atomic E-state index is -0.0135. The first kappa shape index (κ1) is 34.2. The first-order valence-electron chi connectivity index (χ1n) is 20.0. The molecule has 0 unspecified atom stereocenters. The van der Waals surface area contributed by atoms with Gasteiger partial charge in [-0.25, -0.2) is 0 Å². The summed E-state index contributed by atoms with van der Waals surface area (Å²) in [5.41, 5.74) is 17.0. The Balaban J connectivity index is 1.19. The lowest BCUT2D eigenvalue weighted by Gasteiger charge is -2.26. The SMILES string of the molecule is CC(C)(C)c1ccc(Nc2ccc(C(C)(C)C)cc2-c2ccc3c4cc5c(cc4n4c3c2Bc2cc3occ(-c6ccccc6)c3cc2-4)sc2ccccc25)cc1. The van der Waals surface area contributed by atoms with Crippen LogP contribution in [0.15, 0.2) is 144 Å². The highest BCUT2D eigenvalue weighted by Gasteiger charge is 2.29. The first-order chi connectivity index (χ1) is 27.5. The highest BCUT2D eigenvalue weighted by molar-refractivity contribution is 7.25. The van der Waals surface area contributed by atoms with Crippen LogP contribution in [-0.2, 0) is 10.8 Å². The van der Waals surface area contributed by atoms with Crippen molar-refractivity contribution >= 4 is 93.9 Å². The minimum absolute atomic E-state index is 0.0135. The van der Waals surface area contributed by atoms with Crippen LogP contribution in [-0.4, -0.2) is 11.8 Å². The number of aromatic nitrogens is 1. The molecule has 0 amide bonds. The van der Waals surface area contributed by atoms with Gasteiger partial charge in [0.2, 0.25) is 0 Å². The number of furan rings is 1. The van der Waals surface area contributed by atoms with E-state index in [0.29, 0.717) is 0 Å². The van der Waals surface area contributed by atoms with Gasteiger partial charge in [-0.2, -0.15) is 0 Å². The van der Waals surface area contributed by atoms with Gasteiger partial charge in [-0.15, -0.1) is 11.3 Å². The van der Waals surface area contributed by atoms with Crippen molar-refractivity contribution in [3.8, 4) is 27.9 Å². The molecule has 11 rings (SSSR count). The van der Waals surface area contributed by atoms with E-state index in [1.807, 2.05) is 17.6 Å². The lowest BCUT2D eigenvalue weighted by atomic mass is 9.59. The van der Waals surface area contributed by atoms with E-state index < -0.39 is 0 Å². The van der Waals surface area contributed by atoms with E-state index in [0.717, 1.165) is 40.8 Å². The van der Waals surface area contributed by atoms with E-state index in [9.17, 15) is 0 Å². The van der Waals surface area contributed by atoms with Crippen LogP contribution >= 0.6 is 11.3 Å². The number of hydrogen-bond donors (Lipinski definition) is 1. The van der Waals surface area contributed by atoms with Gasteiger partial charge in [-0.1, -0.05) is 126 Å². The van der Waals surface area contributed by atoms with Crippen molar-refractivity contribution in [2.75, 3.05) is 5.32 Å². The second-order valence-electron chi connectivity index (χ2n) is 17.9. The number of nitrogens with one attached hydrogen (secondary N) is 1. The molecule has 0 aliphatic carbocycles. The molecule has 57 heavy (non-hydrogen) atoms. The molecule has 0 radical (unpaired) electrons. The first-order valence-corrected chi connectivity index (χ1v) is 20.8. The van der Waals surface area contributed by atoms with Crippen LogP contribution in [0.4, 0.5) is 11.4 Å². The Bertz CT molecular complexity index is 3240. The number of benzene rings is 7. The Hall–Kier alpha value is -6.04. The van der Waals surface area contributed by atoms with Crippen molar-refractivity contribution in [2.45, 2.75) is 52.4 Å². The lowest BCUT2D eigenvalue weighted by molar-refractivity contribution is 0.590. The van der Waals surface area contributed by atoms with Crippen molar-refractivity contribution in [2.24, 2.45) is 0 Å². The van der Waals surface area contributed by atoms with Gasteiger partial charge in [0, 0.05) is 70.0 Å². The minimum Gasteiger partial charge on any atom is -0.464 e. The Morgan fingerprint density at radius 1 is 0.579 bits per heavy atom. The van der Waals surface area contributed by atoms with Crippen molar-refractivity contribution in [3.05, 3.63) is 151 Å². The normalized spacial score (nSPS) is 12.9. The molecular formula is C52H43BN2OS. The summed E-state index contributed by atoms with van der Waals surface area (Å²) in [5, 5.41) is 10.2. The van der Waals surface area contributed by atoms with Gasteiger partial charge >= 0.3 is 0 Å². The predicted octanol–water partition coefficient (Wildman–Crippen LogP) is 13.3. The van der Waals surface area contributed by atoms with Crippen molar-refractivity contribution in [3.63, 3.8) is 0 Å². The van der Waals surface area contributed by atoms with Gasteiger partial charge < -0.3 is 14.3 Å². The fourth-order valence-electron chi connectivity index (χ4n) is 9.11. The molecule has 1 N–H and O–H groups in total. The fourth-order valence-corrected chi connectivity index (χ4v) is 10.2. The predicted molar refractivity (Wildman–Crippen MR) is 248 cm³/mol. The van der Waals surface area contributed by atoms with Crippen molar-refractivity contribution in [1.29, 1.82) is 0 Å². The smallest absolute Gasteiger partial charge is 0.198 e. The Kier molecular flexibility index (Phi) is 7.35. The van der Waals surface area contributed by atoms with E-state index in [4.69, 9.17) is 4.42 Å². The molecule has 0 bridgehead atoms. The van der Waals surface area contributed by atoms with Gasteiger partial charge in [-0.05, 0) is 93.1 Å². The summed E-state index contributed by atoms with van der Waals surface area (Å²) in [4.78, 5) is 0. The number of fused-ring (bicyclic) bond motifs is 9. The summed E-state index contributed by atoms with van der Waals surface area (Å²) in [7, 11) is 0.798. The third-order valence-electron chi connectivity index (χ3n) is 12.2. The van der Waals surface area contributed by atoms with Crippen LogP contribution in [0, 0.1) is 0 Å². The van der Waals surface area contributed by atoms with E-state index in [-0.39, 0.29) is 10.8 Å². The monoisotopic (exact) mass is 754 g/mol. The van der Waals surface area contributed by atoms with E-state index in [1.165, 1.54) is 80.8 Å².